The molecule has 1 aromatic heterocycles. The van der Waals surface area contributed by atoms with Crippen LogP contribution in [0.25, 0.3) is 0 Å². The summed E-state index contributed by atoms with van der Waals surface area (Å²) < 4.78 is 1.69. The lowest BCUT2D eigenvalue weighted by Crippen LogP contribution is -2.45. The Labute approximate surface area is 89.5 Å². The molecule has 0 radical (unpaired) electrons. The Kier molecular flexibility index (Phi) is 1.79. The Morgan fingerprint density at radius 1 is 1.53 bits per heavy atom. The fourth-order valence-corrected chi connectivity index (χ4v) is 3.08. The second-order valence-corrected chi connectivity index (χ2v) is 5.16. The van der Waals surface area contributed by atoms with E-state index in [9.17, 15) is 4.79 Å². The first-order valence-corrected chi connectivity index (χ1v) is 5.72. The molecule has 2 aliphatic rings. The van der Waals surface area contributed by atoms with Crippen molar-refractivity contribution in [3.8, 4) is 0 Å². The lowest BCUT2D eigenvalue weighted by Gasteiger charge is -2.53. The van der Waals surface area contributed by atoms with Gasteiger partial charge in [-0.2, -0.15) is 5.10 Å². The summed E-state index contributed by atoms with van der Waals surface area (Å²) >= 11 is 0. The number of hydrogen-bond donors (Lipinski definition) is 0. The van der Waals surface area contributed by atoms with Gasteiger partial charge in [-0.1, -0.05) is 6.42 Å². The Hall–Kier alpha value is -1.12. The number of hydrogen-bond acceptors (Lipinski definition) is 2. The second kappa shape index (κ2) is 2.94. The molecule has 2 aliphatic carbocycles. The lowest BCUT2D eigenvalue weighted by molar-refractivity contribution is -0.0154. The number of ketones is 1. The summed E-state index contributed by atoms with van der Waals surface area (Å²) in [7, 11) is 1.84. The maximum atomic E-state index is 12.1. The van der Waals surface area contributed by atoms with Crippen LogP contribution in [0.4, 0.5) is 0 Å². The Bertz CT molecular complexity index is 396. The van der Waals surface area contributed by atoms with Crippen molar-refractivity contribution in [2.24, 2.45) is 18.4 Å². The highest BCUT2D eigenvalue weighted by Gasteiger charge is 2.50. The first-order chi connectivity index (χ1) is 7.20. The van der Waals surface area contributed by atoms with Gasteiger partial charge in [-0.3, -0.25) is 9.48 Å². The van der Waals surface area contributed by atoms with Gasteiger partial charge in [-0.25, -0.2) is 0 Å². The third-order valence-corrected chi connectivity index (χ3v) is 4.22. The van der Waals surface area contributed by atoms with Gasteiger partial charge in [0.1, 0.15) is 5.69 Å². The highest BCUT2D eigenvalue weighted by Crippen LogP contribution is 2.59. The summed E-state index contributed by atoms with van der Waals surface area (Å²) in [5.41, 5.74) is 1.35. The third-order valence-electron chi connectivity index (χ3n) is 4.22. The van der Waals surface area contributed by atoms with Crippen LogP contribution in [0.15, 0.2) is 12.3 Å². The van der Waals surface area contributed by atoms with Gasteiger partial charge in [0.25, 0.3) is 0 Å². The molecule has 80 valence electrons. The van der Waals surface area contributed by atoms with Crippen molar-refractivity contribution in [3.63, 3.8) is 0 Å². The van der Waals surface area contributed by atoms with Gasteiger partial charge in [0.2, 0.25) is 0 Å². The highest BCUT2D eigenvalue weighted by atomic mass is 16.1. The van der Waals surface area contributed by atoms with E-state index in [1.54, 1.807) is 10.9 Å². The van der Waals surface area contributed by atoms with Crippen LogP contribution in [0.5, 0.6) is 0 Å². The molecule has 3 heteroatoms. The number of carbonyl (C=O) groups is 1. The van der Waals surface area contributed by atoms with Crippen LogP contribution < -0.4 is 0 Å². The summed E-state index contributed by atoms with van der Waals surface area (Å²) in [6.07, 6.45) is 8.01. The maximum absolute atomic E-state index is 12.1. The van der Waals surface area contributed by atoms with Crippen LogP contribution in [0, 0.1) is 11.3 Å². The predicted molar refractivity (Wildman–Crippen MR) is 56.5 cm³/mol. The molecule has 0 amide bonds. The van der Waals surface area contributed by atoms with Gasteiger partial charge in [0, 0.05) is 19.2 Å². The molecule has 1 heterocycles. The van der Waals surface area contributed by atoms with Crippen molar-refractivity contribution in [2.75, 3.05) is 0 Å². The summed E-state index contributed by atoms with van der Waals surface area (Å²) in [4.78, 5) is 12.1. The maximum Gasteiger partial charge on any atom is 0.183 e. The summed E-state index contributed by atoms with van der Waals surface area (Å²) in [6.45, 7) is 0. The molecule has 15 heavy (non-hydrogen) atoms. The van der Waals surface area contributed by atoms with Crippen molar-refractivity contribution >= 4 is 5.78 Å². The summed E-state index contributed by atoms with van der Waals surface area (Å²) in [5, 5.41) is 4.04. The van der Waals surface area contributed by atoms with Crippen LogP contribution in [-0.4, -0.2) is 15.6 Å². The molecule has 3 nitrogen and oxygen atoms in total. The highest BCUT2D eigenvalue weighted by molar-refractivity contribution is 5.97. The van der Waals surface area contributed by atoms with E-state index < -0.39 is 0 Å². The number of rotatable bonds is 2. The molecular formula is C12H16N2O. The van der Waals surface area contributed by atoms with Gasteiger partial charge in [0.15, 0.2) is 5.78 Å². The molecule has 1 spiro atoms. The third kappa shape index (κ3) is 1.25. The number of aryl methyl sites for hydroxylation is 1. The van der Waals surface area contributed by atoms with Crippen LogP contribution in [0.1, 0.15) is 42.6 Å². The van der Waals surface area contributed by atoms with E-state index in [4.69, 9.17) is 0 Å². The smallest absolute Gasteiger partial charge is 0.183 e. The molecule has 0 aliphatic heterocycles. The largest absolute Gasteiger partial charge is 0.292 e. The van der Waals surface area contributed by atoms with Crippen molar-refractivity contribution in [2.45, 2.75) is 32.1 Å². The van der Waals surface area contributed by atoms with Crippen LogP contribution in [-0.2, 0) is 7.05 Å². The van der Waals surface area contributed by atoms with Crippen LogP contribution in [0.3, 0.4) is 0 Å². The lowest BCUT2D eigenvalue weighted by atomic mass is 9.51. The van der Waals surface area contributed by atoms with Crippen molar-refractivity contribution in [1.82, 2.24) is 9.78 Å². The van der Waals surface area contributed by atoms with Gasteiger partial charge < -0.3 is 0 Å². The molecule has 0 saturated heterocycles. The number of Topliss-reactive ketones (excluding diaryl/α,β-unsaturated/α-hetero) is 1. The van der Waals surface area contributed by atoms with E-state index in [1.807, 2.05) is 13.1 Å². The van der Waals surface area contributed by atoms with Crippen LogP contribution >= 0.6 is 0 Å². The molecule has 0 bridgehead atoms. The van der Waals surface area contributed by atoms with Gasteiger partial charge in [-0.05, 0) is 37.2 Å². The fraction of sp³-hybridized carbons (Fsp3) is 0.667. The molecule has 0 unspecified atom stereocenters. The van der Waals surface area contributed by atoms with E-state index in [-0.39, 0.29) is 5.92 Å². The van der Waals surface area contributed by atoms with Gasteiger partial charge in [-0.15, -0.1) is 0 Å². The first-order valence-electron chi connectivity index (χ1n) is 5.72. The minimum absolute atomic E-state index is 0.278. The van der Waals surface area contributed by atoms with Crippen LogP contribution in [0.2, 0.25) is 0 Å². The summed E-state index contributed by atoms with van der Waals surface area (Å²) in [6, 6.07) is 1.83. The Balaban J connectivity index is 1.70. The molecule has 2 saturated carbocycles. The Morgan fingerprint density at radius 2 is 2.27 bits per heavy atom. The molecule has 3 rings (SSSR count). The molecule has 1 aromatic rings. The predicted octanol–water partition coefficient (Wildman–Crippen LogP) is 2.18. The molecule has 0 aromatic carbocycles. The quantitative estimate of drug-likeness (QED) is 0.692. The standard InChI is InChI=1S/C12H16N2O/c1-14-10(3-6-13-14)11(15)9-7-12(8-9)4-2-5-12/h3,6,9H,2,4-5,7-8H2,1H3. The normalized spacial score (nSPS) is 23.5. The van der Waals surface area contributed by atoms with Crippen molar-refractivity contribution in [3.05, 3.63) is 18.0 Å². The average molecular weight is 204 g/mol. The average Bonchev–Trinajstić information content (AvgIpc) is 2.45. The zero-order valence-corrected chi connectivity index (χ0v) is 9.07. The zero-order valence-electron chi connectivity index (χ0n) is 9.07. The molecular weight excluding hydrogens is 188 g/mol. The monoisotopic (exact) mass is 204 g/mol. The molecule has 0 N–H and O–H groups in total. The minimum atomic E-state index is 0.278. The molecule has 2 fully saturated rings. The van der Waals surface area contributed by atoms with Gasteiger partial charge in [0.05, 0.1) is 0 Å². The number of aromatic nitrogens is 2. The number of nitrogens with zero attached hydrogens (tertiary/aromatic N) is 2. The SMILES string of the molecule is Cn1nccc1C(=O)C1CC2(CCC2)C1. The Morgan fingerprint density at radius 3 is 2.73 bits per heavy atom. The summed E-state index contributed by atoms with van der Waals surface area (Å²) in [5.74, 6) is 0.577. The van der Waals surface area contributed by atoms with E-state index in [1.165, 1.54) is 19.3 Å². The van der Waals surface area contributed by atoms with Crippen molar-refractivity contribution in [1.29, 1.82) is 0 Å². The second-order valence-electron chi connectivity index (χ2n) is 5.16. The van der Waals surface area contributed by atoms with E-state index >= 15 is 0 Å². The first kappa shape index (κ1) is 9.13. The topological polar surface area (TPSA) is 34.9 Å². The van der Waals surface area contributed by atoms with Gasteiger partial charge >= 0.3 is 0 Å². The van der Waals surface area contributed by atoms with E-state index in [0.717, 1.165) is 18.5 Å². The number of carbonyl (C=O) groups excluding carboxylic acids is 1. The fourth-order valence-electron chi connectivity index (χ4n) is 3.08. The zero-order chi connectivity index (χ0) is 10.5. The van der Waals surface area contributed by atoms with E-state index in [2.05, 4.69) is 5.10 Å². The minimum Gasteiger partial charge on any atom is -0.292 e. The van der Waals surface area contributed by atoms with Crippen molar-refractivity contribution < 1.29 is 4.79 Å². The van der Waals surface area contributed by atoms with E-state index in [0.29, 0.717) is 11.2 Å². The molecule has 0 atom stereocenters.